The molecule has 0 bridgehead atoms. The number of rotatable bonds is 4. The van der Waals surface area contributed by atoms with Crippen LogP contribution in [0.15, 0.2) is 186 Å². The summed E-state index contributed by atoms with van der Waals surface area (Å²) in [6.07, 6.45) is 0. The summed E-state index contributed by atoms with van der Waals surface area (Å²) in [5, 5.41) is 12.2. The normalized spacial score (nSPS) is 12.4. The lowest BCUT2D eigenvalue weighted by Gasteiger charge is -2.27. The number of fused-ring (bicyclic) bond motifs is 7. The number of hydrogen-bond acceptors (Lipinski definition) is 1. The van der Waals surface area contributed by atoms with Crippen LogP contribution in [0.3, 0.4) is 0 Å². The van der Waals surface area contributed by atoms with Gasteiger partial charge in [0, 0.05) is 21.9 Å². The Labute approximate surface area is 357 Å². The van der Waals surface area contributed by atoms with Crippen LogP contribution in [0, 0.1) is 0 Å². The van der Waals surface area contributed by atoms with E-state index in [1.165, 1.54) is 93.2 Å². The molecule has 11 rings (SSSR count). The molecule has 0 aliphatic rings. The van der Waals surface area contributed by atoms with E-state index in [9.17, 15) is 0 Å². The zero-order chi connectivity index (χ0) is 41.6. The van der Waals surface area contributed by atoms with Crippen molar-refractivity contribution in [2.75, 3.05) is 0 Å². The van der Waals surface area contributed by atoms with E-state index < -0.39 is 0 Å². The van der Waals surface area contributed by atoms with Crippen molar-refractivity contribution in [3.8, 4) is 44.5 Å². The van der Waals surface area contributed by atoms with Crippen molar-refractivity contribution in [3.05, 3.63) is 193 Å². The summed E-state index contributed by atoms with van der Waals surface area (Å²) in [4.78, 5) is 0. The van der Waals surface area contributed by atoms with Crippen LogP contribution in [0.4, 0.5) is 0 Å². The smallest absolute Gasteiger partial charge is 0.143 e. The second kappa shape index (κ2) is 13.8. The minimum Gasteiger partial charge on any atom is -0.455 e. The molecule has 0 spiro atoms. The summed E-state index contributed by atoms with van der Waals surface area (Å²) in [6.45, 7) is 13.9. The zero-order valence-corrected chi connectivity index (χ0v) is 35.7. The molecule has 294 valence electrons. The Bertz CT molecular complexity index is 3390. The first kappa shape index (κ1) is 37.1. The highest BCUT2D eigenvalue weighted by Gasteiger charge is 2.25. The van der Waals surface area contributed by atoms with Crippen molar-refractivity contribution >= 4 is 65.0 Å². The third kappa shape index (κ3) is 5.98. The van der Waals surface area contributed by atoms with Crippen LogP contribution in [0.5, 0.6) is 0 Å². The minimum absolute atomic E-state index is 0.00414. The SMILES string of the molecule is CC(C)(C)c1cc(-c2c3ccccc3c(-c3cccc4c3oc3ccc(-c5c6ccccc6c(-c6ccccc6)c6ccccc56)cc34)c3ccccc23)cc(C(C)(C)C)c1. The summed E-state index contributed by atoms with van der Waals surface area (Å²) in [7, 11) is 0. The van der Waals surface area contributed by atoms with Crippen molar-refractivity contribution in [1.29, 1.82) is 0 Å². The summed E-state index contributed by atoms with van der Waals surface area (Å²) in [6, 6.07) is 67.3. The fraction of sp³-hybridized carbons (Fsp3) is 0.133. The molecule has 0 unspecified atom stereocenters. The molecule has 0 aliphatic heterocycles. The maximum absolute atomic E-state index is 7.00. The molecule has 1 heterocycles. The molecule has 0 saturated carbocycles. The van der Waals surface area contributed by atoms with E-state index in [-0.39, 0.29) is 10.8 Å². The Hall–Kier alpha value is -6.96. The van der Waals surface area contributed by atoms with Gasteiger partial charge in [-0.15, -0.1) is 0 Å². The van der Waals surface area contributed by atoms with Crippen molar-refractivity contribution < 1.29 is 4.42 Å². The van der Waals surface area contributed by atoms with Crippen LogP contribution >= 0.6 is 0 Å². The van der Waals surface area contributed by atoms with E-state index in [2.05, 4.69) is 224 Å². The molecule has 0 saturated heterocycles. The predicted octanol–water partition coefficient (Wildman–Crippen LogP) is 17.5. The molecule has 1 nitrogen and oxygen atoms in total. The van der Waals surface area contributed by atoms with Crippen LogP contribution in [-0.2, 0) is 10.8 Å². The molecule has 0 radical (unpaired) electrons. The van der Waals surface area contributed by atoms with Gasteiger partial charge in [-0.3, -0.25) is 0 Å². The molecule has 0 fully saturated rings. The monoisotopic (exact) mass is 784 g/mol. The molecular formula is C60H48O. The van der Waals surface area contributed by atoms with Crippen molar-refractivity contribution in [3.63, 3.8) is 0 Å². The van der Waals surface area contributed by atoms with Crippen LogP contribution in [0.2, 0.25) is 0 Å². The third-order valence-corrected chi connectivity index (χ3v) is 12.9. The van der Waals surface area contributed by atoms with Crippen molar-refractivity contribution in [2.24, 2.45) is 0 Å². The topological polar surface area (TPSA) is 13.1 Å². The molecule has 0 atom stereocenters. The molecule has 0 N–H and O–H groups in total. The highest BCUT2D eigenvalue weighted by molar-refractivity contribution is 6.25. The molecular weight excluding hydrogens is 737 g/mol. The fourth-order valence-corrected chi connectivity index (χ4v) is 9.87. The lowest BCUT2D eigenvalue weighted by molar-refractivity contribution is 0.569. The highest BCUT2D eigenvalue weighted by atomic mass is 16.3. The van der Waals surface area contributed by atoms with E-state index in [0.717, 1.165) is 27.5 Å². The van der Waals surface area contributed by atoms with Gasteiger partial charge in [0.2, 0.25) is 0 Å². The molecule has 61 heavy (non-hydrogen) atoms. The standard InChI is InChI=1S/C60H48O/c1-59(2,3)40-33-39(34-41(36-40)60(4,5)6)56-46-25-14-16-27-48(46)57(49-28-17-15-26-47(49)56)51-30-18-29-50-52-35-38(31-32-53(52)61-58(50)51)55-44-23-12-10-21-42(44)54(37-19-8-7-9-20-37)43-22-11-13-24-45(43)55/h7-36H,1-6H3. The minimum atomic E-state index is 0.00414. The first-order chi connectivity index (χ1) is 29.5. The van der Waals surface area contributed by atoms with E-state index >= 15 is 0 Å². The number of hydrogen-bond donors (Lipinski definition) is 0. The first-order valence-corrected chi connectivity index (χ1v) is 21.6. The third-order valence-electron chi connectivity index (χ3n) is 12.9. The summed E-state index contributed by atoms with van der Waals surface area (Å²) in [5.41, 5.74) is 14.3. The van der Waals surface area contributed by atoms with Crippen LogP contribution in [-0.4, -0.2) is 0 Å². The van der Waals surface area contributed by atoms with Crippen molar-refractivity contribution in [2.45, 2.75) is 52.4 Å². The molecule has 1 heteroatoms. The van der Waals surface area contributed by atoms with E-state index in [0.29, 0.717) is 0 Å². The van der Waals surface area contributed by atoms with Gasteiger partial charge in [-0.25, -0.2) is 0 Å². The van der Waals surface area contributed by atoms with Crippen molar-refractivity contribution in [1.82, 2.24) is 0 Å². The Morgan fingerprint density at radius 1 is 0.295 bits per heavy atom. The lowest BCUT2D eigenvalue weighted by atomic mass is 9.77. The van der Waals surface area contributed by atoms with Crippen LogP contribution in [0.25, 0.3) is 110 Å². The van der Waals surface area contributed by atoms with Gasteiger partial charge >= 0.3 is 0 Å². The number of para-hydroxylation sites is 1. The number of benzene rings is 10. The Kier molecular flexibility index (Phi) is 8.38. The van der Waals surface area contributed by atoms with Crippen LogP contribution < -0.4 is 0 Å². The maximum Gasteiger partial charge on any atom is 0.143 e. The molecule has 11 aromatic rings. The average Bonchev–Trinajstić information content (AvgIpc) is 3.65. The van der Waals surface area contributed by atoms with Crippen LogP contribution in [0.1, 0.15) is 52.7 Å². The van der Waals surface area contributed by atoms with Gasteiger partial charge in [0.1, 0.15) is 11.2 Å². The Morgan fingerprint density at radius 2 is 0.705 bits per heavy atom. The second-order valence-corrected chi connectivity index (χ2v) is 18.8. The summed E-state index contributed by atoms with van der Waals surface area (Å²) >= 11 is 0. The molecule has 0 amide bonds. The van der Waals surface area contributed by atoms with E-state index in [4.69, 9.17) is 4.42 Å². The zero-order valence-electron chi connectivity index (χ0n) is 35.7. The predicted molar refractivity (Wildman–Crippen MR) is 263 cm³/mol. The molecule has 1 aromatic heterocycles. The fourth-order valence-electron chi connectivity index (χ4n) is 9.87. The van der Waals surface area contributed by atoms with Gasteiger partial charge in [0.15, 0.2) is 0 Å². The second-order valence-electron chi connectivity index (χ2n) is 18.8. The summed E-state index contributed by atoms with van der Waals surface area (Å²) < 4.78 is 7.00. The number of furan rings is 1. The Balaban J connectivity index is 1.16. The maximum atomic E-state index is 7.00. The quantitative estimate of drug-likeness (QED) is 0.162. The largest absolute Gasteiger partial charge is 0.455 e. The molecule has 0 aliphatic carbocycles. The van der Waals surface area contributed by atoms with E-state index in [1.807, 2.05) is 0 Å². The summed E-state index contributed by atoms with van der Waals surface area (Å²) in [5.74, 6) is 0. The van der Waals surface area contributed by atoms with Gasteiger partial charge < -0.3 is 4.42 Å². The lowest BCUT2D eigenvalue weighted by Crippen LogP contribution is -2.16. The van der Waals surface area contributed by atoms with Gasteiger partial charge in [-0.2, -0.15) is 0 Å². The van der Waals surface area contributed by atoms with E-state index in [1.54, 1.807) is 0 Å². The Morgan fingerprint density at radius 3 is 1.18 bits per heavy atom. The molecule has 10 aromatic carbocycles. The van der Waals surface area contributed by atoms with Gasteiger partial charge in [-0.05, 0) is 111 Å². The highest BCUT2D eigenvalue weighted by Crippen LogP contribution is 2.49. The first-order valence-electron chi connectivity index (χ1n) is 21.6. The van der Waals surface area contributed by atoms with Gasteiger partial charge in [-0.1, -0.05) is 211 Å². The average molecular weight is 785 g/mol. The van der Waals surface area contributed by atoms with Gasteiger partial charge in [0.25, 0.3) is 0 Å². The van der Waals surface area contributed by atoms with Gasteiger partial charge in [0.05, 0.1) is 0 Å².